The van der Waals surface area contributed by atoms with Crippen LogP contribution in [0.3, 0.4) is 0 Å². The van der Waals surface area contributed by atoms with Crippen molar-refractivity contribution in [2.75, 3.05) is 38.1 Å². The van der Waals surface area contributed by atoms with Crippen molar-refractivity contribution in [3.8, 4) is 0 Å². The molecule has 0 aliphatic carbocycles. The third kappa shape index (κ3) is 5.39. The van der Waals surface area contributed by atoms with Crippen LogP contribution >= 0.6 is 0 Å². The van der Waals surface area contributed by atoms with Gasteiger partial charge in [0.25, 0.3) is 0 Å². The van der Waals surface area contributed by atoms with Crippen molar-refractivity contribution in [2.45, 2.75) is 26.8 Å². The van der Waals surface area contributed by atoms with Gasteiger partial charge in [0.2, 0.25) is 5.91 Å². The summed E-state index contributed by atoms with van der Waals surface area (Å²) in [7, 11) is 0. The van der Waals surface area contributed by atoms with Crippen LogP contribution in [0.5, 0.6) is 0 Å². The number of anilines is 1. The fourth-order valence-electron chi connectivity index (χ4n) is 2.62. The number of nitrogens with zero attached hydrogens (tertiary/aromatic N) is 2. The van der Waals surface area contributed by atoms with Gasteiger partial charge >= 0.3 is 6.09 Å². The second-order valence-corrected chi connectivity index (χ2v) is 6.78. The van der Waals surface area contributed by atoms with Gasteiger partial charge in [-0.1, -0.05) is 13.8 Å². The van der Waals surface area contributed by atoms with E-state index in [0.717, 1.165) is 18.2 Å². The summed E-state index contributed by atoms with van der Waals surface area (Å²) < 4.78 is 32.1. The molecule has 0 bridgehead atoms. The summed E-state index contributed by atoms with van der Waals surface area (Å²) in [5, 5.41) is 2.41. The van der Waals surface area contributed by atoms with E-state index in [1.165, 1.54) is 0 Å². The van der Waals surface area contributed by atoms with Crippen LogP contribution in [0.2, 0.25) is 0 Å². The minimum Gasteiger partial charge on any atom is -0.449 e. The summed E-state index contributed by atoms with van der Waals surface area (Å²) in [6.45, 7) is 7.88. The molecule has 0 saturated carbocycles. The van der Waals surface area contributed by atoms with Crippen LogP contribution in [0.1, 0.15) is 20.8 Å². The lowest BCUT2D eigenvalue weighted by molar-refractivity contribution is -0.121. The van der Waals surface area contributed by atoms with E-state index in [9.17, 15) is 18.4 Å². The Bertz CT molecular complexity index is 647. The molecule has 0 radical (unpaired) electrons. The first-order chi connectivity index (χ1) is 12.3. The first kappa shape index (κ1) is 20.1. The number of carbonyl (C=O) groups is 2. The van der Waals surface area contributed by atoms with Crippen LogP contribution in [0.25, 0.3) is 0 Å². The standard InChI is InChI=1S/C18H25F2N3O3/c1-12(2)11-26-18(25)23-8-6-22(7-9-23)13(3)17(24)21-16-10-14(19)4-5-15(16)20/h4-5,10,12-13H,6-9,11H2,1-3H3,(H,21,24). The number of piperazine rings is 1. The molecule has 1 saturated heterocycles. The van der Waals surface area contributed by atoms with Gasteiger partial charge in [-0.15, -0.1) is 0 Å². The number of halogens is 2. The summed E-state index contributed by atoms with van der Waals surface area (Å²) in [5.41, 5.74) is -0.183. The first-order valence-electron chi connectivity index (χ1n) is 8.69. The second kappa shape index (κ2) is 8.93. The normalized spacial score (nSPS) is 16.5. The Balaban J connectivity index is 1.85. The van der Waals surface area contributed by atoms with Gasteiger partial charge in [-0.2, -0.15) is 0 Å². The zero-order chi connectivity index (χ0) is 19.3. The minimum atomic E-state index is -0.690. The van der Waals surface area contributed by atoms with E-state index in [0.29, 0.717) is 32.8 Å². The maximum atomic E-state index is 13.7. The molecule has 1 aliphatic rings. The average Bonchev–Trinajstić information content (AvgIpc) is 2.62. The van der Waals surface area contributed by atoms with Gasteiger partial charge in [0, 0.05) is 32.2 Å². The molecule has 1 N–H and O–H groups in total. The smallest absolute Gasteiger partial charge is 0.409 e. The summed E-state index contributed by atoms with van der Waals surface area (Å²) in [6.07, 6.45) is -0.350. The Morgan fingerprint density at radius 2 is 1.81 bits per heavy atom. The molecule has 1 fully saturated rings. The minimum absolute atomic E-state index is 0.183. The Kier molecular flexibility index (Phi) is 6.90. The summed E-state index contributed by atoms with van der Waals surface area (Å²) in [5.74, 6) is -1.47. The fourth-order valence-corrected chi connectivity index (χ4v) is 2.62. The summed E-state index contributed by atoms with van der Waals surface area (Å²) in [4.78, 5) is 27.8. The van der Waals surface area contributed by atoms with E-state index in [4.69, 9.17) is 4.74 Å². The number of nitrogens with one attached hydrogen (secondary N) is 1. The largest absolute Gasteiger partial charge is 0.449 e. The van der Waals surface area contributed by atoms with Crippen LogP contribution in [-0.2, 0) is 9.53 Å². The van der Waals surface area contributed by atoms with Crippen molar-refractivity contribution in [1.29, 1.82) is 0 Å². The number of hydrogen-bond acceptors (Lipinski definition) is 4. The van der Waals surface area contributed by atoms with Crippen molar-refractivity contribution in [3.63, 3.8) is 0 Å². The molecule has 0 spiro atoms. The molecule has 144 valence electrons. The lowest BCUT2D eigenvalue weighted by Crippen LogP contribution is -2.54. The number of amides is 2. The van der Waals surface area contributed by atoms with Gasteiger partial charge in [-0.3, -0.25) is 9.69 Å². The van der Waals surface area contributed by atoms with Crippen LogP contribution in [0.4, 0.5) is 19.3 Å². The summed E-state index contributed by atoms with van der Waals surface area (Å²) >= 11 is 0. The monoisotopic (exact) mass is 369 g/mol. The average molecular weight is 369 g/mol. The maximum absolute atomic E-state index is 13.7. The Morgan fingerprint density at radius 3 is 2.42 bits per heavy atom. The highest BCUT2D eigenvalue weighted by molar-refractivity contribution is 5.94. The molecule has 6 nitrogen and oxygen atoms in total. The van der Waals surface area contributed by atoms with Gasteiger partial charge in [0.1, 0.15) is 11.6 Å². The number of rotatable bonds is 5. The second-order valence-electron chi connectivity index (χ2n) is 6.78. The molecule has 2 amide bonds. The predicted octanol–water partition coefficient (Wildman–Crippen LogP) is 2.70. The molecular formula is C18H25F2N3O3. The lowest BCUT2D eigenvalue weighted by atomic mass is 10.2. The molecule has 0 aromatic heterocycles. The molecule has 26 heavy (non-hydrogen) atoms. The molecule has 1 aromatic rings. The van der Waals surface area contributed by atoms with Crippen LogP contribution in [-0.4, -0.2) is 60.6 Å². The third-order valence-electron chi connectivity index (χ3n) is 4.23. The van der Waals surface area contributed by atoms with Gasteiger partial charge < -0.3 is 15.0 Å². The fraction of sp³-hybridized carbons (Fsp3) is 0.556. The Morgan fingerprint density at radius 1 is 1.15 bits per heavy atom. The van der Waals surface area contributed by atoms with E-state index in [2.05, 4.69) is 5.32 Å². The van der Waals surface area contributed by atoms with E-state index in [-0.39, 0.29) is 17.7 Å². The van der Waals surface area contributed by atoms with Crippen molar-refractivity contribution in [2.24, 2.45) is 5.92 Å². The molecule has 1 heterocycles. The number of hydrogen-bond donors (Lipinski definition) is 1. The number of ether oxygens (including phenoxy) is 1. The SMILES string of the molecule is CC(C)COC(=O)N1CCN(C(C)C(=O)Nc2cc(F)ccc2F)CC1. The topological polar surface area (TPSA) is 61.9 Å². The van der Waals surface area contributed by atoms with Crippen molar-refractivity contribution < 1.29 is 23.1 Å². The molecule has 1 atom stereocenters. The highest BCUT2D eigenvalue weighted by Gasteiger charge is 2.28. The van der Waals surface area contributed by atoms with E-state index >= 15 is 0 Å². The van der Waals surface area contributed by atoms with Crippen molar-refractivity contribution >= 4 is 17.7 Å². The Labute approximate surface area is 152 Å². The number of carbonyl (C=O) groups excluding carboxylic acids is 2. The third-order valence-corrected chi connectivity index (χ3v) is 4.23. The Hall–Kier alpha value is -2.22. The summed E-state index contributed by atoms with van der Waals surface area (Å²) in [6, 6.07) is 2.37. The van der Waals surface area contributed by atoms with Crippen LogP contribution < -0.4 is 5.32 Å². The zero-order valence-electron chi connectivity index (χ0n) is 15.3. The molecule has 2 rings (SSSR count). The lowest BCUT2D eigenvalue weighted by Gasteiger charge is -2.36. The van der Waals surface area contributed by atoms with Gasteiger partial charge in [-0.05, 0) is 25.0 Å². The quantitative estimate of drug-likeness (QED) is 0.867. The van der Waals surface area contributed by atoms with E-state index in [1.807, 2.05) is 18.7 Å². The first-order valence-corrected chi connectivity index (χ1v) is 8.69. The molecule has 1 unspecified atom stereocenters. The van der Waals surface area contributed by atoms with E-state index < -0.39 is 23.6 Å². The predicted molar refractivity (Wildman–Crippen MR) is 93.8 cm³/mol. The van der Waals surface area contributed by atoms with Gasteiger partial charge in [0.05, 0.1) is 18.3 Å². The van der Waals surface area contributed by atoms with Crippen LogP contribution in [0, 0.1) is 17.6 Å². The zero-order valence-corrected chi connectivity index (χ0v) is 15.3. The van der Waals surface area contributed by atoms with E-state index in [1.54, 1.807) is 11.8 Å². The molecule has 8 heteroatoms. The molecule has 1 aromatic carbocycles. The maximum Gasteiger partial charge on any atom is 0.409 e. The van der Waals surface area contributed by atoms with Crippen LogP contribution in [0.15, 0.2) is 18.2 Å². The highest BCUT2D eigenvalue weighted by atomic mass is 19.1. The highest BCUT2D eigenvalue weighted by Crippen LogP contribution is 2.17. The molecular weight excluding hydrogens is 344 g/mol. The van der Waals surface area contributed by atoms with Crippen molar-refractivity contribution in [3.05, 3.63) is 29.8 Å². The number of benzene rings is 1. The van der Waals surface area contributed by atoms with Gasteiger partial charge in [0.15, 0.2) is 0 Å². The van der Waals surface area contributed by atoms with Gasteiger partial charge in [-0.25, -0.2) is 13.6 Å². The molecule has 1 aliphatic heterocycles. The van der Waals surface area contributed by atoms with Crippen molar-refractivity contribution in [1.82, 2.24) is 9.80 Å².